The number of rotatable bonds is 9. The van der Waals surface area contributed by atoms with Crippen LogP contribution in [0.25, 0.3) is 11.1 Å². The van der Waals surface area contributed by atoms with Crippen molar-refractivity contribution in [1.82, 2.24) is 0 Å². The number of nitrogen functional groups attached to an aromatic ring is 1. The Bertz CT molecular complexity index is 1560. The predicted molar refractivity (Wildman–Crippen MR) is 144 cm³/mol. The first-order valence-electron chi connectivity index (χ1n) is 10.3. The number of thioether (sulfide) groups is 1. The van der Waals surface area contributed by atoms with Gasteiger partial charge in [0.05, 0.1) is 31.7 Å². The summed E-state index contributed by atoms with van der Waals surface area (Å²) in [7, 11) is -6.06. The zero-order valence-corrected chi connectivity index (χ0v) is 23.2. The Morgan fingerprint density at radius 1 is 1.17 bits per heavy atom. The molecule has 13 heteroatoms. The van der Waals surface area contributed by atoms with E-state index in [1.807, 2.05) is 0 Å². The molecule has 1 amide bonds. The van der Waals surface area contributed by atoms with Crippen LogP contribution in [0.5, 0.6) is 5.75 Å². The lowest BCUT2D eigenvalue weighted by molar-refractivity contribution is -0.113. The molecule has 192 valence electrons. The van der Waals surface area contributed by atoms with Crippen molar-refractivity contribution in [2.45, 2.75) is 20.9 Å². The zero-order chi connectivity index (χ0) is 26.8. The molecule has 3 rings (SSSR count). The van der Waals surface area contributed by atoms with E-state index < -0.39 is 31.3 Å². The lowest BCUT2D eigenvalue weighted by Gasteiger charge is -2.17. The van der Waals surface area contributed by atoms with Crippen molar-refractivity contribution in [2.24, 2.45) is 5.73 Å². The van der Waals surface area contributed by atoms with Crippen LogP contribution in [0.15, 0.2) is 56.5 Å². The van der Waals surface area contributed by atoms with Gasteiger partial charge in [-0.3, -0.25) is 10.2 Å². The maximum atomic E-state index is 13.6. The smallest absolute Gasteiger partial charge is 0.239 e. The van der Waals surface area contributed by atoms with Crippen LogP contribution in [0.4, 0.5) is 5.69 Å². The molecule has 1 aromatic heterocycles. The molecular weight excluding hydrogens is 543 g/mol. The fourth-order valence-electron chi connectivity index (χ4n) is 3.54. The maximum absolute atomic E-state index is 13.6. The summed E-state index contributed by atoms with van der Waals surface area (Å²) in [5, 5.41) is 10.3. The number of hydrogen-bond donors (Lipinski definition) is 3. The Balaban J connectivity index is 2.15. The fraction of sp³-hybridized carbons (Fsp3) is 0.217. The number of hydrogen-bond acceptors (Lipinski definition) is 9. The van der Waals surface area contributed by atoms with Crippen molar-refractivity contribution in [3.05, 3.63) is 52.9 Å². The third kappa shape index (κ3) is 6.09. The van der Waals surface area contributed by atoms with Crippen LogP contribution in [-0.4, -0.2) is 54.0 Å². The average Bonchev–Trinajstić information content (AvgIpc) is 3.23. The van der Waals surface area contributed by atoms with Gasteiger partial charge in [0.15, 0.2) is 9.84 Å². The molecule has 0 spiro atoms. The Hall–Kier alpha value is -2.87. The molecule has 9 nitrogen and oxygen atoms in total. The highest BCUT2D eigenvalue weighted by Gasteiger charge is 2.26. The van der Waals surface area contributed by atoms with Crippen molar-refractivity contribution < 1.29 is 26.4 Å². The Morgan fingerprint density at radius 2 is 1.86 bits per heavy atom. The van der Waals surface area contributed by atoms with Crippen LogP contribution in [0.1, 0.15) is 10.4 Å². The van der Waals surface area contributed by atoms with E-state index in [0.29, 0.717) is 31.5 Å². The molecule has 0 bridgehead atoms. The van der Waals surface area contributed by atoms with Gasteiger partial charge in [-0.2, -0.15) is 0 Å². The number of carbonyl (C=O) groups is 1. The molecule has 0 saturated carbocycles. The second-order valence-electron chi connectivity index (χ2n) is 7.90. The van der Waals surface area contributed by atoms with Crippen LogP contribution in [-0.2, 0) is 24.5 Å². The summed E-state index contributed by atoms with van der Waals surface area (Å²) in [6.07, 6.45) is 2.71. The number of thiophene rings is 1. The summed E-state index contributed by atoms with van der Waals surface area (Å²) in [5.74, 6) is -1.21. The summed E-state index contributed by atoms with van der Waals surface area (Å²) >= 11 is 2.39. The second kappa shape index (κ2) is 10.6. The van der Waals surface area contributed by atoms with E-state index in [9.17, 15) is 21.6 Å². The molecule has 0 fully saturated rings. The first-order chi connectivity index (χ1) is 16.8. The number of carbonyl (C=O) groups excluding carboxylic acids is 1. The van der Waals surface area contributed by atoms with Gasteiger partial charge >= 0.3 is 0 Å². The van der Waals surface area contributed by atoms with E-state index in [1.54, 1.807) is 37.4 Å². The predicted octanol–water partition coefficient (Wildman–Crippen LogP) is 3.55. The molecule has 0 radical (unpaired) electrons. The minimum Gasteiger partial charge on any atom is -0.497 e. The Labute approximate surface area is 218 Å². The largest absolute Gasteiger partial charge is 0.497 e. The number of sulfone groups is 2. The number of methoxy groups -OCH3 is 1. The van der Waals surface area contributed by atoms with Gasteiger partial charge < -0.3 is 15.8 Å². The van der Waals surface area contributed by atoms with Gasteiger partial charge in [-0.15, -0.1) is 23.1 Å². The van der Waals surface area contributed by atoms with Crippen LogP contribution in [0, 0.1) is 12.3 Å². The third-order valence-electron chi connectivity index (χ3n) is 5.05. The maximum Gasteiger partial charge on any atom is 0.239 e. The lowest BCUT2D eigenvalue weighted by Crippen LogP contribution is -2.22. The number of nitrogens with two attached hydrogens (primary N) is 1. The number of benzene rings is 2. The molecule has 0 atom stereocenters. The van der Waals surface area contributed by atoms with Crippen molar-refractivity contribution in [1.29, 1.82) is 5.41 Å². The molecule has 2 aromatic carbocycles. The minimum absolute atomic E-state index is 0.0202. The third-order valence-corrected chi connectivity index (χ3v) is 10.2. The summed E-state index contributed by atoms with van der Waals surface area (Å²) in [4.78, 5) is 12.8. The molecule has 0 aliphatic rings. The summed E-state index contributed by atoms with van der Waals surface area (Å²) < 4.78 is 56.1. The SMILES string of the molecule is COc1cc(C)c(-c2cccc(S(=O)(=O)c3cc(C(=N)N)sc3SC)c2)c(NC(=O)CS(C)(=O)=O)c1. The molecule has 0 aliphatic carbocycles. The van der Waals surface area contributed by atoms with Crippen LogP contribution in [0.2, 0.25) is 0 Å². The van der Waals surface area contributed by atoms with Gasteiger partial charge in [0, 0.05) is 17.9 Å². The van der Waals surface area contributed by atoms with Crippen molar-refractivity contribution in [2.75, 3.05) is 30.7 Å². The van der Waals surface area contributed by atoms with Crippen LogP contribution in [0.3, 0.4) is 0 Å². The normalized spacial score (nSPS) is 11.8. The molecule has 0 aliphatic heterocycles. The van der Waals surface area contributed by atoms with E-state index in [-0.39, 0.29) is 21.3 Å². The first kappa shape index (κ1) is 27.7. The monoisotopic (exact) mass is 567 g/mol. The second-order valence-corrected chi connectivity index (χ2v) is 14.1. The quantitative estimate of drug-likeness (QED) is 0.201. The highest BCUT2D eigenvalue weighted by Crippen LogP contribution is 2.39. The van der Waals surface area contributed by atoms with Gasteiger partial charge in [0.25, 0.3) is 0 Å². The summed E-state index contributed by atoms with van der Waals surface area (Å²) in [6, 6.07) is 10.9. The van der Waals surface area contributed by atoms with Crippen LogP contribution >= 0.6 is 23.1 Å². The molecule has 1 heterocycles. The Kier molecular flexibility index (Phi) is 8.18. The lowest BCUT2D eigenvalue weighted by atomic mass is 9.98. The standard InChI is InChI=1S/C23H25N3O6S4/c1-13-8-15(32-2)10-17(26-20(27)12-35(4,28)29)21(13)14-6-5-7-16(9-14)36(30,31)19-11-18(22(24)25)34-23(19)33-3/h5-11H,12H2,1-4H3,(H3,24,25)(H,26,27). The summed E-state index contributed by atoms with van der Waals surface area (Å²) in [6.45, 7) is 1.77. The number of amides is 1. The number of anilines is 1. The van der Waals surface area contributed by atoms with Crippen molar-refractivity contribution in [3.8, 4) is 16.9 Å². The average molecular weight is 568 g/mol. The van der Waals surface area contributed by atoms with E-state index in [4.69, 9.17) is 15.9 Å². The number of aryl methyl sites for hydroxylation is 1. The fourth-order valence-corrected chi connectivity index (χ4v) is 7.99. The highest BCUT2D eigenvalue weighted by atomic mass is 32.2. The van der Waals surface area contributed by atoms with Gasteiger partial charge in [0.1, 0.15) is 17.3 Å². The Morgan fingerprint density at radius 3 is 2.44 bits per heavy atom. The van der Waals surface area contributed by atoms with Gasteiger partial charge in [0.2, 0.25) is 15.7 Å². The molecule has 0 unspecified atom stereocenters. The zero-order valence-electron chi connectivity index (χ0n) is 19.9. The van der Waals surface area contributed by atoms with Crippen molar-refractivity contribution >= 4 is 60.2 Å². The van der Waals surface area contributed by atoms with Crippen molar-refractivity contribution in [3.63, 3.8) is 0 Å². The van der Waals surface area contributed by atoms with E-state index >= 15 is 0 Å². The highest BCUT2D eigenvalue weighted by molar-refractivity contribution is 8.01. The molecule has 0 saturated heterocycles. The topological polar surface area (TPSA) is 156 Å². The number of ether oxygens (including phenoxy) is 1. The van der Waals surface area contributed by atoms with Gasteiger partial charge in [-0.05, 0) is 48.6 Å². The number of nitrogens with one attached hydrogen (secondary N) is 2. The van der Waals surface area contributed by atoms with E-state index in [1.165, 1.54) is 37.1 Å². The van der Waals surface area contributed by atoms with E-state index in [2.05, 4.69) is 5.32 Å². The molecule has 3 aromatic rings. The molecular formula is C23H25N3O6S4. The molecule has 36 heavy (non-hydrogen) atoms. The minimum atomic E-state index is -3.96. The van der Waals surface area contributed by atoms with Gasteiger partial charge in [-0.1, -0.05) is 12.1 Å². The first-order valence-corrected chi connectivity index (χ1v) is 15.9. The van der Waals surface area contributed by atoms with E-state index in [0.717, 1.165) is 17.6 Å². The number of amidine groups is 1. The summed E-state index contributed by atoms with van der Waals surface area (Å²) in [5.41, 5.74) is 7.56. The van der Waals surface area contributed by atoms with Crippen LogP contribution < -0.4 is 15.8 Å². The van der Waals surface area contributed by atoms with Gasteiger partial charge in [-0.25, -0.2) is 16.8 Å². The molecule has 4 N–H and O–H groups in total.